The van der Waals surface area contributed by atoms with Gasteiger partial charge in [0.25, 0.3) is 5.91 Å². The van der Waals surface area contributed by atoms with Crippen molar-refractivity contribution in [3.05, 3.63) is 53.2 Å². The summed E-state index contributed by atoms with van der Waals surface area (Å²) in [5, 5.41) is 6.37. The molecule has 0 unspecified atom stereocenters. The van der Waals surface area contributed by atoms with Crippen molar-refractivity contribution in [2.75, 3.05) is 45.4 Å². The molecule has 3 N–H and O–H groups in total. The molecule has 12 heteroatoms. The second kappa shape index (κ2) is 12.0. The highest BCUT2D eigenvalue weighted by molar-refractivity contribution is 7.90. The Kier molecular flexibility index (Phi) is 8.89. The van der Waals surface area contributed by atoms with E-state index in [-0.39, 0.29) is 45.8 Å². The molecule has 8 nitrogen and oxygen atoms in total. The first kappa shape index (κ1) is 30.3. The summed E-state index contributed by atoms with van der Waals surface area (Å²) >= 11 is 0. The third kappa shape index (κ3) is 7.54. The number of halogens is 3. The van der Waals surface area contributed by atoms with Gasteiger partial charge < -0.3 is 25.3 Å². The first-order chi connectivity index (χ1) is 19.2. The van der Waals surface area contributed by atoms with Crippen LogP contribution in [0.15, 0.2) is 41.4 Å². The number of sulfone groups is 1. The van der Waals surface area contributed by atoms with Gasteiger partial charge in [-0.25, -0.2) is 8.42 Å². The predicted octanol–water partition coefficient (Wildman–Crippen LogP) is 4.22. The van der Waals surface area contributed by atoms with E-state index in [4.69, 9.17) is 4.74 Å². The Morgan fingerprint density at radius 1 is 1.24 bits per heavy atom. The highest BCUT2D eigenvalue weighted by atomic mass is 32.2. The molecular formula is C29H33F3N4O4S. The van der Waals surface area contributed by atoms with Gasteiger partial charge in [-0.15, -0.1) is 0 Å². The third-order valence-corrected chi connectivity index (χ3v) is 8.24. The number of benzene rings is 2. The fraction of sp³-hybridized carbons (Fsp3) is 0.414. The maximum absolute atomic E-state index is 13.4. The number of hydrogen-bond donors (Lipinski definition) is 3. The average Bonchev–Trinajstić information content (AvgIpc) is 3.28. The maximum atomic E-state index is 13.4. The first-order valence-corrected chi connectivity index (χ1v) is 15.0. The van der Waals surface area contributed by atoms with E-state index in [0.29, 0.717) is 22.5 Å². The average molecular weight is 591 g/mol. The number of nitrogens with zero attached hydrogens (tertiary/aromatic N) is 1. The number of aromatic amines is 1. The van der Waals surface area contributed by atoms with Crippen LogP contribution in [0, 0.1) is 17.8 Å². The van der Waals surface area contributed by atoms with Gasteiger partial charge in [-0.05, 0) is 61.8 Å². The van der Waals surface area contributed by atoms with Crippen LogP contribution in [0.2, 0.25) is 0 Å². The quantitative estimate of drug-likeness (QED) is 0.356. The topological polar surface area (TPSA) is 104 Å². The normalized spacial score (nSPS) is 18.0. The molecule has 1 fully saturated rings. The molecule has 41 heavy (non-hydrogen) atoms. The van der Waals surface area contributed by atoms with Gasteiger partial charge in [0.2, 0.25) is 0 Å². The molecule has 3 aromatic rings. The predicted molar refractivity (Wildman–Crippen MR) is 152 cm³/mol. The number of rotatable bonds is 7. The number of amides is 1. The molecule has 1 aliphatic heterocycles. The summed E-state index contributed by atoms with van der Waals surface area (Å²) in [6.45, 7) is 3.80. The number of alkyl halides is 3. The number of fused-ring (bicyclic) bond motifs is 1. The minimum absolute atomic E-state index is 0.0262. The van der Waals surface area contributed by atoms with Crippen LogP contribution in [0.4, 0.5) is 18.9 Å². The molecule has 0 bridgehead atoms. The number of carbonyl (C=O) groups excluding carboxylic acids is 1. The Morgan fingerprint density at radius 2 is 2.00 bits per heavy atom. The molecule has 1 aromatic heterocycles. The number of methoxy groups -OCH3 is 1. The summed E-state index contributed by atoms with van der Waals surface area (Å²) < 4.78 is 69.0. The number of anilines is 1. The van der Waals surface area contributed by atoms with Crippen LogP contribution < -0.4 is 15.4 Å². The zero-order chi connectivity index (χ0) is 29.9. The third-order valence-electron chi connectivity index (χ3n) is 7.13. The highest BCUT2D eigenvalue weighted by Crippen LogP contribution is 2.30. The van der Waals surface area contributed by atoms with Crippen LogP contribution in [0.1, 0.15) is 34.8 Å². The zero-order valence-electron chi connectivity index (χ0n) is 23.3. The number of hydrogen-bond acceptors (Lipinski definition) is 6. The van der Waals surface area contributed by atoms with Crippen molar-refractivity contribution in [2.45, 2.75) is 36.9 Å². The van der Waals surface area contributed by atoms with Crippen LogP contribution >= 0.6 is 0 Å². The molecule has 4 rings (SSSR count). The molecule has 1 saturated heterocycles. The Labute approximate surface area is 237 Å². The molecule has 1 aliphatic rings. The Morgan fingerprint density at radius 3 is 2.66 bits per heavy atom. The summed E-state index contributed by atoms with van der Waals surface area (Å²) in [6, 6.07) is 7.47. The van der Waals surface area contributed by atoms with Gasteiger partial charge in [-0.2, -0.15) is 13.2 Å². The first-order valence-electron chi connectivity index (χ1n) is 13.1. The van der Waals surface area contributed by atoms with Gasteiger partial charge in [0, 0.05) is 36.0 Å². The summed E-state index contributed by atoms with van der Waals surface area (Å²) in [4.78, 5) is 18.6. The maximum Gasteiger partial charge on any atom is 0.393 e. The molecule has 0 saturated carbocycles. The highest BCUT2D eigenvalue weighted by Gasteiger charge is 2.30. The SMILES string of the molecule is COc1ccc(S(C)(=O)=O)cc1NCC#Cc1cc(C(=O)N[C@@H]2CCN(C)C[C@@H]2C)c2[nH]cc(CC(F)(F)F)c2c1. The molecule has 2 aromatic carbocycles. The molecule has 0 aliphatic carbocycles. The van der Waals surface area contributed by atoms with Crippen LogP contribution in [-0.2, 0) is 16.3 Å². The molecule has 1 amide bonds. The van der Waals surface area contributed by atoms with Crippen LogP contribution in [-0.4, -0.2) is 76.5 Å². The number of ether oxygens (including phenoxy) is 1. The zero-order valence-corrected chi connectivity index (χ0v) is 24.1. The lowest BCUT2D eigenvalue weighted by molar-refractivity contribution is -0.127. The molecule has 0 radical (unpaired) electrons. The van der Waals surface area contributed by atoms with E-state index in [0.717, 1.165) is 25.8 Å². The molecular weight excluding hydrogens is 557 g/mol. The second-order valence-corrected chi connectivity index (χ2v) is 12.5. The summed E-state index contributed by atoms with van der Waals surface area (Å²) in [6.07, 6.45) is -2.41. The summed E-state index contributed by atoms with van der Waals surface area (Å²) in [7, 11) is 0.0354. The molecule has 0 spiro atoms. The Hall–Kier alpha value is -3.69. The minimum atomic E-state index is -4.42. The number of aromatic nitrogens is 1. The number of carbonyl (C=O) groups is 1. The Balaban J connectivity index is 1.63. The lowest BCUT2D eigenvalue weighted by Crippen LogP contribution is -2.48. The molecule has 2 atom stereocenters. The number of nitrogens with one attached hydrogen (secondary N) is 3. The largest absolute Gasteiger partial charge is 0.495 e. The van der Waals surface area contributed by atoms with Gasteiger partial charge in [-0.1, -0.05) is 18.8 Å². The number of piperidine rings is 1. The van der Waals surface area contributed by atoms with E-state index in [1.54, 1.807) is 12.1 Å². The van der Waals surface area contributed by atoms with E-state index in [2.05, 4.69) is 39.3 Å². The fourth-order valence-corrected chi connectivity index (χ4v) is 5.70. The molecule has 2 heterocycles. The van der Waals surface area contributed by atoms with Crippen LogP contribution in [0.5, 0.6) is 5.75 Å². The lowest BCUT2D eigenvalue weighted by Gasteiger charge is -2.35. The van der Waals surface area contributed by atoms with Crippen LogP contribution in [0.3, 0.4) is 0 Å². The smallest absolute Gasteiger partial charge is 0.393 e. The monoisotopic (exact) mass is 590 g/mol. The number of H-pyrrole nitrogens is 1. The van der Waals surface area contributed by atoms with Gasteiger partial charge in [0.05, 0.1) is 41.7 Å². The minimum Gasteiger partial charge on any atom is -0.495 e. The van der Waals surface area contributed by atoms with Crippen molar-refractivity contribution in [1.82, 2.24) is 15.2 Å². The summed E-state index contributed by atoms with van der Waals surface area (Å²) in [5.41, 5.74) is 1.37. The van der Waals surface area contributed by atoms with Gasteiger partial charge in [-0.3, -0.25) is 4.79 Å². The fourth-order valence-electron chi connectivity index (χ4n) is 5.06. The van der Waals surface area contributed by atoms with Crippen molar-refractivity contribution >= 4 is 32.3 Å². The van der Waals surface area contributed by atoms with E-state index < -0.39 is 22.4 Å². The summed E-state index contributed by atoms with van der Waals surface area (Å²) in [5.74, 6) is 6.10. The van der Waals surface area contributed by atoms with Crippen LogP contribution in [0.25, 0.3) is 10.9 Å². The van der Waals surface area contributed by atoms with E-state index in [9.17, 15) is 26.4 Å². The van der Waals surface area contributed by atoms with Crippen molar-refractivity contribution in [3.63, 3.8) is 0 Å². The van der Waals surface area contributed by atoms with Crippen molar-refractivity contribution in [3.8, 4) is 17.6 Å². The van der Waals surface area contributed by atoms with E-state index in [1.807, 2.05) is 7.05 Å². The van der Waals surface area contributed by atoms with Crippen molar-refractivity contribution in [2.24, 2.45) is 5.92 Å². The van der Waals surface area contributed by atoms with E-state index in [1.165, 1.54) is 31.5 Å². The van der Waals surface area contributed by atoms with Gasteiger partial charge in [0.1, 0.15) is 5.75 Å². The standard InChI is InChI=1S/C29H33F3N4O4S/c1-18-17-36(2)11-9-24(18)35-28(37)23-13-19(12-22-20(15-29(30,31)32)16-34-27(22)23)6-5-10-33-25-14-21(41(4,38)39)7-8-26(25)40-3/h7-8,12-14,16,18,24,33-34H,9-11,15,17H2,1-4H3,(H,35,37)/t18-,24+/m0/s1. The van der Waals surface area contributed by atoms with Gasteiger partial charge >= 0.3 is 6.18 Å². The Bertz CT molecular complexity index is 1610. The van der Waals surface area contributed by atoms with E-state index >= 15 is 0 Å². The van der Waals surface area contributed by atoms with Gasteiger partial charge in [0.15, 0.2) is 9.84 Å². The second-order valence-electron chi connectivity index (χ2n) is 10.4. The lowest BCUT2D eigenvalue weighted by atomic mass is 9.93. The number of likely N-dealkylation sites (tertiary alicyclic amines) is 1. The van der Waals surface area contributed by atoms with Crippen molar-refractivity contribution < 1.29 is 31.1 Å². The van der Waals surface area contributed by atoms with Crippen molar-refractivity contribution in [1.29, 1.82) is 0 Å². The molecule has 220 valence electrons.